The summed E-state index contributed by atoms with van der Waals surface area (Å²) in [5.41, 5.74) is 4.85. The van der Waals surface area contributed by atoms with Crippen LogP contribution in [0.3, 0.4) is 0 Å². The first-order valence-corrected chi connectivity index (χ1v) is 10.6. The molecule has 0 spiro atoms. The Hall–Kier alpha value is -2.36. The van der Waals surface area contributed by atoms with Gasteiger partial charge >= 0.3 is 0 Å². The largest absolute Gasteiger partial charge is 0.357 e. The van der Waals surface area contributed by atoms with Crippen LogP contribution in [0.15, 0.2) is 47.7 Å². The van der Waals surface area contributed by atoms with Crippen LogP contribution in [0, 0.1) is 13.8 Å². The number of hydrogen-bond donors (Lipinski definition) is 2. The maximum atomic E-state index is 4.78. The molecule has 0 aliphatic rings. The van der Waals surface area contributed by atoms with Gasteiger partial charge in [0.1, 0.15) is 12.4 Å². The minimum Gasteiger partial charge on any atom is -0.357 e. The lowest BCUT2D eigenvalue weighted by Gasteiger charge is -2.18. The zero-order valence-corrected chi connectivity index (χ0v) is 21.4. The SMILES string of the molecule is CCNC(=NCc1nccn1Cc1ccccc1)NC(C)Cc1c(C)nn(C)c1C.I. The van der Waals surface area contributed by atoms with E-state index in [1.165, 1.54) is 16.8 Å². The molecule has 0 bridgehead atoms. The van der Waals surface area contributed by atoms with Crippen molar-refractivity contribution < 1.29 is 0 Å². The summed E-state index contributed by atoms with van der Waals surface area (Å²) < 4.78 is 4.09. The van der Waals surface area contributed by atoms with Crippen LogP contribution in [0.5, 0.6) is 0 Å². The fourth-order valence-electron chi connectivity index (χ4n) is 3.59. The van der Waals surface area contributed by atoms with Gasteiger partial charge in [0.15, 0.2) is 5.96 Å². The highest BCUT2D eigenvalue weighted by Gasteiger charge is 2.14. The number of aliphatic imine (C=N–C) groups is 1. The number of aromatic nitrogens is 4. The standard InChI is InChI=1S/C23H33N7.HI/c1-6-24-23(27-17(2)14-21-18(3)28-29(5)19(21)4)26-15-22-25-12-13-30(22)16-20-10-8-7-9-11-20;/h7-13,17H,6,14-16H2,1-5H3,(H2,24,26,27);1H. The Morgan fingerprint density at radius 2 is 1.94 bits per heavy atom. The van der Waals surface area contributed by atoms with E-state index in [0.29, 0.717) is 6.54 Å². The Labute approximate surface area is 202 Å². The highest BCUT2D eigenvalue weighted by Crippen LogP contribution is 2.14. The number of nitrogens with zero attached hydrogens (tertiary/aromatic N) is 5. The van der Waals surface area contributed by atoms with Crippen molar-refractivity contribution in [1.82, 2.24) is 30.0 Å². The van der Waals surface area contributed by atoms with Crippen LogP contribution < -0.4 is 10.6 Å². The first kappa shape index (κ1) is 24.9. The molecule has 0 saturated carbocycles. The van der Waals surface area contributed by atoms with Gasteiger partial charge in [0.05, 0.1) is 5.69 Å². The number of aryl methyl sites for hydroxylation is 2. The Balaban J connectivity index is 0.00000341. The normalized spacial score (nSPS) is 12.4. The van der Waals surface area contributed by atoms with Crippen molar-refractivity contribution in [3.8, 4) is 0 Å². The monoisotopic (exact) mass is 535 g/mol. The average molecular weight is 535 g/mol. The second kappa shape index (κ2) is 11.9. The summed E-state index contributed by atoms with van der Waals surface area (Å²) in [5.74, 6) is 1.75. The maximum Gasteiger partial charge on any atom is 0.191 e. The Kier molecular flexibility index (Phi) is 9.54. The zero-order chi connectivity index (χ0) is 21.5. The molecule has 7 nitrogen and oxygen atoms in total. The smallest absolute Gasteiger partial charge is 0.191 e. The predicted octanol–water partition coefficient (Wildman–Crippen LogP) is 3.59. The first-order chi connectivity index (χ1) is 14.5. The highest BCUT2D eigenvalue weighted by molar-refractivity contribution is 14.0. The molecule has 2 aromatic heterocycles. The van der Waals surface area contributed by atoms with Gasteiger partial charge in [-0.05, 0) is 45.2 Å². The fraction of sp³-hybridized carbons (Fsp3) is 0.435. The maximum absolute atomic E-state index is 4.78. The van der Waals surface area contributed by atoms with Crippen LogP contribution in [0.2, 0.25) is 0 Å². The quantitative estimate of drug-likeness (QED) is 0.263. The molecule has 31 heavy (non-hydrogen) atoms. The third-order valence-electron chi connectivity index (χ3n) is 5.27. The third-order valence-corrected chi connectivity index (χ3v) is 5.27. The van der Waals surface area contributed by atoms with Gasteiger partial charge in [-0.25, -0.2) is 9.98 Å². The summed E-state index contributed by atoms with van der Waals surface area (Å²) in [6, 6.07) is 10.6. The van der Waals surface area contributed by atoms with E-state index in [9.17, 15) is 0 Å². The van der Waals surface area contributed by atoms with Gasteiger partial charge in [0.2, 0.25) is 0 Å². The van der Waals surface area contributed by atoms with Crippen molar-refractivity contribution in [2.75, 3.05) is 6.54 Å². The number of benzene rings is 1. The van der Waals surface area contributed by atoms with Crippen molar-refractivity contribution in [3.63, 3.8) is 0 Å². The number of hydrogen-bond acceptors (Lipinski definition) is 3. The van der Waals surface area contributed by atoms with Crippen LogP contribution in [0.1, 0.15) is 42.2 Å². The molecule has 3 rings (SSSR count). The minimum atomic E-state index is 0. The molecule has 0 aliphatic heterocycles. The number of rotatable bonds is 8. The highest BCUT2D eigenvalue weighted by atomic mass is 127. The molecule has 0 saturated heterocycles. The first-order valence-electron chi connectivity index (χ1n) is 10.6. The van der Waals surface area contributed by atoms with Gasteiger partial charge in [-0.3, -0.25) is 4.68 Å². The molecule has 8 heteroatoms. The van der Waals surface area contributed by atoms with E-state index < -0.39 is 0 Å². The molecule has 2 heterocycles. The molecule has 0 fully saturated rings. The van der Waals surface area contributed by atoms with Crippen LogP contribution in [-0.2, 0) is 26.6 Å². The van der Waals surface area contributed by atoms with Gasteiger partial charge in [-0.1, -0.05) is 30.3 Å². The molecule has 0 amide bonds. The molecule has 168 valence electrons. The molecular weight excluding hydrogens is 501 g/mol. The van der Waals surface area contributed by atoms with E-state index in [-0.39, 0.29) is 30.0 Å². The van der Waals surface area contributed by atoms with Gasteiger partial charge < -0.3 is 15.2 Å². The van der Waals surface area contributed by atoms with Crippen LogP contribution in [0.25, 0.3) is 0 Å². The van der Waals surface area contributed by atoms with Crippen LogP contribution in [0.4, 0.5) is 0 Å². The van der Waals surface area contributed by atoms with Crippen LogP contribution >= 0.6 is 24.0 Å². The van der Waals surface area contributed by atoms with E-state index in [1.807, 2.05) is 30.2 Å². The Morgan fingerprint density at radius 1 is 1.19 bits per heavy atom. The molecule has 3 aromatic rings. The summed E-state index contributed by atoms with van der Waals surface area (Å²) in [5, 5.41) is 11.4. The van der Waals surface area contributed by atoms with E-state index >= 15 is 0 Å². The lowest BCUT2D eigenvalue weighted by atomic mass is 10.1. The topological polar surface area (TPSA) is 72.1 Å². The van der Waals surface area contributed by atoms with Gasteiger partial charge in [0.25, 0.3) is 0 Å². The van der Waals surface area contributed by atoms with Gasteiger partial charge in [0, 0.05) is 44.3 Å². The summed E-state index contributed by atoms with van der Waals surface area (Å²) >= 11 is 0. The second-order valence-corrected chi connectivity index (χ2v) is 7.67. The second-order valence-electron chi connectivity index (χ2n) is 7.67. The van der Waals surface area contributed by atoms with Crippen molar-refractivity contribution in [2.24, 2.45) is 12.0 Å². The molecular formula is C23H34IN7. The van der Waals surface area contributed by atoms with Crippen molar-refractivity contribution >= 4 is 29.9 Å². The average Bonchev–Trinajstić information content (AvgIpc) is 3.26. The Morgan fingerprint density at radius 3 is 2.58 bits per heavy atom. The Bertz CT molecular complexity index is 975. The summed E-state index contributed by atoms with van der Waals surface area (Å²) in [7, 11) is 1.99. The van der Waals surface area contributed by atoms with Gasteiger partial charge in [-0.2, -0.15) is 5.10 Å². The van der Waals surface area contributed by atoms with Crippen LogP contribution in [-0.4, -0.2) is 37.9 Å². The lowest BCUT2D eigenvalue weighted by molar-refractivity contribution is 0.633. The third kappa shape index (κ3) is 6.81. The lowest BCUT2D eigenvalue weighted by Crippen LogP contribution is -2.43. The van der Waals surface area contributed by atoms with E-state index in [2.05, 4.69) is 77.2 Å². The molecule has 2 N–H and O–H groups in total. The van der Waals surface area contributed by atoms with E-state index in [4.69, 9.17) is 4.99 Å². The van der Waals surface area contributed by atoms with Gasteiger partial charge in [-0.15, -0.1) is 24.0 Å². The number of nitrogens with one attached hydrogen (secondary N) is 2. The summed E-state index contributed by atoms with van der Waals surface area (Å²) in [6.07, 6.45) is 4.75. The zero-order valence-electron chi connectivity index (χ0n) is 19.1. The molecule has 1 unspecified atom stereocenters. The van der Waals surface area contributed by atoms with Crippen molar-refractivity contribution in [3.05, 3.63) is 71.1 Å². The van der Waals surface area contributed by atoms with E-state index in [0.717, 1.165) is 37.0 Å². The molecule has 0 radical (unpaired) electrons. The van der Waals surface area contributed by atoms with E-state index in [1.54, 1.807) is 0 Å². The summed E-state index contributed by atoms with van der Waals surface area (Å²) in [4.78, 5) is 9.29. The fourth-order valence-corrected chi connectivity index (χ4v) is 3.59. The number of halogens is 1. The molecule has 0 aliphatic carbocycles. The summed E-state index contributed by atoms with van der Waals surface area (Å²) in [6.45, 7) is 10.6. The predicted molar refractivity (Wildman–Crippen MR) is 137 cm³/mol. The molecule has 1 aromatic carbocycles. The van der Waals surface area contributed by atoms with Crippen molar-refractivity contribution in [2.45, 2.75) is 53.2 Å². The number of imidazole rings is 1. The number of guanidine groups is 1. The molecule has 1 atom stereocenters. The minimum absolute atomic E-state index is 0. The van der Waals surface area contributed by atoms with Crippen molar-refractivity contribution in [1.29, 1.82) is 0 Å².